The van der Waals surface area contributed by atoms with Gasteiger partial charge < -0.3 is 0 Å². The Morgan fingerprint density at radius 3 is 2.24 bits per heavy atom. The molecule has 2 aromatic rings. The molecule has 0 unspecified atom stereocenters. The highest BCUT2D eigenvalue weighted by Gasteiger charge is 2.21. The SMILES string of the molecule is Cc1ccc(N(C(=O)c2ccc(Cl)cc2)C(=S)C#N)cc1. The lowest BCUT2D eigenvalue weighted by atomic mass is 10.1. The van der Waals surface area contributed by atoms with Gasteiger partial charge in [-0.3, -0.25) is 9.69 Å². The smallest absolute Gasteiger partial charge is 0.264 e. The van der Waals surface area contributed by atoms with Gasteiger partial charge in [0, 0.05) is 10.6 Å². The molecule has 1 amide bonds. The molecule has 0 radical (unpaired) electrons. The summed E-state index contributed by atoms with van der Waals surface area (Å²) in [5.74, 6) is -0.359. The first-order valence-electron chi connectivity index (χ1n) is 6.13. The minimum Gasteiger partial charge on any atom is -0.268 e. The van der Waals surface area contributed by atoms with Gasteiger partial charge in [-0.1, -0.05) is 29.3 Å². The average Bonchev–Trinajstić information content (AvgIpc) is 2.49. The van der Waals surface area contributed by atoms with E-state index >= 15 is 0 Å². The zero-order valence-corrected chi connectivity index (χ0v) is 12.8. The summed E-state index contributed by atoms with van der Waals surface area (Å²) >= 11 is 10.8. The van der Waals surface area contributed by atoms with Crippen LogP contribution >= 0.6 is 23.8 Å². The maximum atomic E-state index is 12.6. The molecule has 2 rings (SSSR count). The number of anilines is 1. The number of nitrogens with zero attached hydrogens (tertiary/aromatic N) is 2. The Labute approximate surface area is 133 Å². The second-order valence-electron chi connectivity index (χ2n) is 4.40. The number of hydrogen-bond acceptors (Lipinski definition) is 3. The Balaban J connectivity index is 2.43. The normalized spacial score (nSPS) is 9.76. The van der Waals surface area contributed by atoms with Gasteiger partial charge in [-0.2, -0.15) is 5.26 Å². The Morgan fingerprint density at radius 2 is 1.71 bits per heavy atom. The molecule has 0 bridgehead atoms. The Kier molecular flexibility index (Phi) is 4.69. The van der Waals surface area contributed by atoms with Crippen molar-refractivity contribution in [3.63, 3.8) is 0 Å². The van der Waals surface area contributed by atoms with Gasteiger partial charge in [0.15, 0.2) is 4.99 Å². The van der Waals surface area contributed by atoms with Crippen molar-refractivity contribution in [2.24, 2.45) is 0 Å². The fourth-order valence-corrected chi connectivity index (χ4v) is 2.11. The van der Waals surface area contributed by atoms with Crippen LogP contribution in [0.25, 0.3) is 0 Å². The number of aryl methyl sites for hydroxylation is 1. The summed E-state index contributed by atoms with van der Waals surface area (Å²) in [5, 5.41) is 9.59. The van der Waals surface area contributed by atoms with Gasteiger partial charge in [-0.05, 0) is 55.5 Å². The monoisotopic (exact) mass is 314 g/mol. The standard InChI is InChI=1S/C16H11ClN2OS/c1-11-2-8-14(9-3-11)19(15(21)10-18)16(20)12-4-6-13(17)7-5-12/h2-9H,1H3. The van der Waals surface area contributed by atoms with Crippen molar-refractivity contribution in [3.8, 4) is 6.07 Å². The van der Waals surface area contributed by atoms with E-state index in [1.807, 2.05) is 25.1 Å². The first kappa shape index (κ1) is 15.2. The molecule has 0 aromatic heterocycles. The van der Waals surface area contributed by atoms with E-state index in [-0.39, 0.29) is 10.9 Å². The molecule has 0 saturated carbocycles. The molecule has 3 nitrogen and oxygen atoms in total. The topological polar surface area (TPSA) is 44.1 Å². The second kappa shape index (κ2) is 6.49. The fourth-order valence-electron chi connectivity index (χ4n) is 1.79. The van der Waals surface area contributed by atoms with Gasteiger partial charge in [0.25, 0.3) is 5.91 Å². The van der Waals surface area contributed by atoms with Crippen LogP contribution in [-0.2, 0) is 0 Å². The lowest BCUT2D eigenvalue weighted by molar-refractivity contribution is 0.100. The molecule has 0 spiro atoms. The van der Waals surface area contributed by atoms with Crippen LogP contribution < -0.4 is 4.90 Å². The molecule has 0 saturated heterocycles. The number of halogens is 1. The van der Waals surface area contributed by atoms with E-state index in [0.29, 0.717) is 16.3 Å². The van der Waals surface area contributed by atoms with Gasteiger partial charge in [0.2, 0.25) is 0 Å². The number of hydrogen-bond donors (Lipinski definition) is 0. The number of benzene rings is 2. The minimum atomic E-state index is -0.359. The third kappa shape index (κ3) is 3.46. The van der Waals surface area contributed by atoms with E-state index in [0.717, 1.165) is 5.56 Å². The lowest BCUT2D eigenvalue weighted by Gasteiger charge is -2.20. The molecular formula is C16H11ClN2OS. The predicted molar refractivity (Wildman–Crippen MR) is 87.7 cm³/mol. The molecule has 21 heavy (non-hydrogen) atoms. The number of carbonyl (C=O) groups is 1. The third-order valence-electron chi connectivity index (χ3n) is 2.89. The van der Waals surface area contributed by atoms with Crippen molar-refractivity contribution < 1.29 is 4.79 Å². The Hall–Kier alpha value is -2.22. The molecule has 0 N–H and O–H groups in total. The van der Waals surface area contributed by atoms with E-state index in [1.165, 1.54) is 4.90 Å². The molecule has 0 aliphatic heterocycles. The van der Waals surface area contributed by atoms with Crippen LogP contribution in [0.3, 0.4) is 0 Å². The Bertz CT molecular complexity index is 717. The quantitative estimate of drug-likeness (QED) is 0.782. The van der Waals surface area contributed by atoms with Crippen molar-refractivity contribution in [2.75, 3.05) is 4.90 Å². The number of rotatable bonds is 2. The van der Waals surface area contributed by atoms with Crippen LogP contribution in [0, 0.1) is 18.3 Å². The van der Waals surface area contributed by atoms with Gasteiger partial charge in [-0.25, -0.2) is 0 Å². The zero-order valence-electron chi connectivity index (χ0n) is 11.2. The molecule has 5 heteroatoms. The second-order valence-corrected chi connectivity index (χ2v) is 5.22. The van der Waals surface area contributed by atoms with Crippen LogP contribution in [0.5, 0.6) is 0 Å². The van der Waals surface area contributed by atoms with Gasteiger partial charge >= 0.3 is 0 Å². The van der Waals surface area contributed by atoms with Crippen molar-refractivity contribution in [2.45, 2.75) is 6.92 Å². The summed E-state index contributed by atoms with van der Waals surface area (Å²) in [6.45, 7) is 1.94. The molecule has 104 valence electrons. The molecule has 0 aliphatic rings. The summed E-state index contributed by atoms with van der Waals surface area (Å²) in [4.78, 5) is 13.7. The number of carbonyl (C=O) groups excluding carboxylic acids is 1. The number of nitriles is 1. The largest absolute Gasteiger partial charge is 0.268 e. The van der Waals surface area contributed by atoms with Crippen LogP contribution in [-0.4, -0.2) is 10.9 Å². The minimum absolute atomic E-state index is 0.0983. The van der Waals surface area contributed by atoms with Gasteiger partial charge in [0.1, 0.15) is 6.07 Å². The van der Waals surface area contributed by atoms with Gasteiger partial charge in [0.05, 0.1) is 5.69 Å². The first-order valence-corrected chi connectivity index (χ1v) is 6.92. The summed E-state index contributed by atoms with van der Waals surface area (Å²) in [7, 11) is 0. The molecule has 2 aromatic carbocycles. The Morgan fingerprint density at radius 1 is 1.14 bits per heavy atom. The molecule has 0 fully saturated rings. The summed E-state index contributed by atoms with van der Waals surface area (Å²) < 4.78 is 0. The fraction of sp³-hybridized carbons (Fsp3) is 0.0625. The maximum absolute atomic E-state index is 12.6. The highest BCUT2D eigenvalue weighted by molar-refractivity contribution is 7.81. The van der Waals surface area contributed by atoms with Crippen LogP contribution in [0.15, 0.2) is 48.5 Å². The van der Waals surface area contributed by atoms with Gasteiger partial charge in [-0.15, -0.1) is 0 Å². The highest BCUT2D eigenvalue weighted by atomic mass is 35.5. The van der Waals surface area contributed by atoms with E-state index in [9.17, 15) is 4.79 Å². The highest BCUT2D eigenvalue weighted by Crippen LogP contribution is 2.20. The van der Waals surface area contributed by atoms with Crippen molar-refractivity contribution >= 4 is 40.4 Å². The predicted octanol–water partition coefficient (Wildman–Crippen LogP) is 4.15. The van der Waals surface area contributed by atoms with Crippen LogP contribution in [0.2, 0.25) is 5.02 Å². The van der Waals surface area contributed by atoms with E-state index in [4.69, 9.17) is 29.1 Å². The van der Waals surface area contributed by atoms with Crippen molar-refractivity contribution in [1.82, 2.24) is 0 Å². The van der Waals surface area contributed by atoms with Crippen molar-refractivity contribution in [3.05, 3.63) is 64.7 Å². The molecule has 0 aliphatic carbocycles. The van der Waals surface area contributed by atoms with E-state index in [2.05, 4.69) is 0 Å². The molecule has 0 atom stereocenters. The van der Waals surface area contributed by atoms with E-state index in [1.54, 1.807) is 36.4 Å². The zero-order chi connectivity index (χ0) is 15.4. The van der Waals surface area contributed by atoms with Crippen LogP contribution in [0.1, 0.15) is 15.9 Å². The first-order chi connectivity index (χ1) is 10.0. The summed E-state index contributed by atoms with van der Waals surface area (Å²) in [6, 6.07) is 15.5. The van der Waals surface area contributed by atoms with Crippen LogP contribution in [0.4, 0.5) is 5.69 Å². The summed E-state index contributed by atoms with van der Waals surface area (Å²) in [6.07, 6.45) is 0. The molecular weight excluding hydrogens is 304 g/mol. The third-order valence-corrected chi connectivity index (χ3v) is 3.41. The van der Waals surface area contributed by atoms with Crippen molar-refractivity contribution in [1.29, 1.82) is 5.26 Å². The lowest BCUT2D eigenvalue weighted by Crippen LogP contribution is -2.35. The average molecular weight is 315 g/mol. The van der Waals surface area contributed by atoms with E-state index < -0.39 is 0 Å². The molecule has 0 heterocycles. The summed E-state index contributed by atoms with van der Waals surface area (Å²) in [5.41, 5.74) is 2.03. The number of thiocarbonyl (C=S) groups is 1. The number of amides is 1. The maximum Gasteiger partial charge on any atom is 0.264 e.